The van der Waals surface area contributed by atoms with E-state index in [0.717, 1.165) is 13.0 Å². The molecule has 1 saturated carbocycles. The maximum Gasteiger partial charge on any atom is 0.139 e. The number of nitrogens with one attached hydrogen (secondary N) is 1. The first-order valence-corrected chi connectivity index (χ1v) is 7.06. The largest absolute Gasteiger partial charge is 0.488 e. The molecule has 1 N–H and O–H groups in total. The van der Waals surface area contributed by atoms with E-state index in [0.29, 0.717) is 21.8 Å². The molecule has 0 spiro atoms. The molecule has 2 rings (SSSR count). The Morgan fingerprint density at radius 2 is 2.11 bits per heavy atom. The molecule has 2 unspecified atom stereocenters. The smallest absolute Gasteiger partial charge is 0.139 e. The summed E-state index contributed by atoms with van der Waals surface area (Å²) in [6.07, 6.45) is 1.18. The monoisotopic (exact) mass is 287 g/mol. The molecule has 0 aromatic heterocycles. The van der Waals surface area contributed by atoms with Crippen LogP contribution in [0.5, 0.6) is 5.75 Å². The maximum atomic E-state index is 6.14. The molecule has 100 valence electrons. The van der Waals surface area contributed by atoms with Crippen LogP contribution >= 0.6 is 23.2 Å². The van der Waals surface area contributed by atoms with Crippen LogP contribution in [0, 0.1) is 5.41 Å². The summed E-state index contributed by atoms with van der Waals surface area (Å²) >= 11 is 12.1. The van der Waals surface area contributed by atoms with Crippen molar-refractivity contribution in [3.8, 4) is 5.75 Å². The van der Waals surface area contributed by atoms with Crippen LogP contribution in [0.1, 0.15) is 27.2 Å². The summed E-state index contributed by atoms with van der Waals surface area (Å²) in [5.74, 6) is 0.678. The fourth-order valence-electron chi connectivity index (χ4n) is 2.41. The Balaban J connectivity index is 2.06. The van der Waals surface area contributed by atoms with Gasteiger partial charge in [-0.25, -0.2) is 0 Å². The van der Waals surface area contributed by atoms with Crippen LogP contribution < -0.4 is 10.1 Å². The second kappa shape index (κ2) is 5.28. The number of rotatable bonds is 4. The van der Waals surface area contributed by atoms with E-state index in [1.165, 1.54) is 0 Å². The van der Waals surface area contributed by atoms with Gasteiger partial charge in [0.05, 0.1) is 5.02 Å². The van der Waals surface area contributed by atoms with Gasteiger partial charge in [0, 0.05) is 17.9 Å². The third-order valence-electron chi connectivity index (χ3n) is 3.81. The lowest BCUT2D eigenvalue weighted by Crippen LogP contribution is -2.62. The second-order valence-electron chi connectivity index (χ2n) is 5.33. The predicted octanol–water partition coefficient (Wildman–Crippen LogP) is 4.15. The van der Waals surface area contributed by atoms with Gasteiger partial charge >= 0.3 is 0 Å². The SMILES string of the molecule is CCNC1CC(Oc2cccc(Cl)c2Cl)C1(C)C. The Morgan fingerprint density at radius 3 is 2.72 bits per heavy atom. The van der Waals surface area contributed by atoms with Crippen LogP contribution in [-0.2, 0) is 0 Å². The molecule has 2 atom stereocenters. The fourth-order valence-corrected chi connectivity index (χ4v) is 2.74. The Bertz CT molecular complexity index is 434. The Kier molecular flexibility index (Phi) is 4.10. The second-order valence-corrected chi connectivity index (χ2v) is 6.11. The minimum Gasteiger partial charge on any atom is -0.488 e. The average Bonchev–Trinajstić information content (AvgIpc) is 2.33. The zero-order chi connectivity index (χ0) is 13.3. The standard InChI is InChI=1S/C14H19Cl2NO/c1-4-17-11-8-12(14(11,2)3)18-10-7-5-6-9(15)13(10)16/h5-7,11-12,17H,4,8H2,1-3H3. The van der Waals surface area contributed by atoms with E-state index < -0.39 is 0 Å². The van der Waals surface area contributed by atoms with Crippen molar-refractivity contribution in [2.24, 2.45) is 5.41 Å². The van der Waals surface area contributed by atoms with E-state index in [9.17, 15) is 0 Å². The minimum absolute atomic E-state index is 0.113. The average molecular weight is 288 g/mol. The lowest BCUT2D eigenvalue weighted by atomic mass is 9.64. The fraction of sp³-hybridized carbons (Fsp3) is 0.571. The highest BCUT2D eigenvalue weighted by molar-refractivity contribution is 6.42. The van der Waals surface area contributed by atoms with Crippen molar-refractivity contribution in [2.45, 2.75) is 39.3 Å². The van der Waals surface area contributed by atoms with E-state index in [1.807, 2.05) is 12.1 Å². The highest BCUT2D eigenvalue weighted by Gasteiger charge is 2.49. The molecule has 1 aromatic carbocycles. The normalized spacial score (nSPS) is 25.6. The first-order chi connectivity index (χ1) is 8.46. The number of hydrogen-bond acceptors (Lipinski definition) is 2. The van der Waals surface area contributed by atoms with Gasteiger partial charge in [0.15, 0.2) is 0 Å². The minimum atomic E-state index is 0.113. The summed E-state index contributed by atoms with van der Waals surface area (Å²) in [6, 6.07) is 6.00. The van der Waals surface area contributed by atoms with Gasteiger partial charge in [0.25, 0.3) is 0 Å². The Hall–Kier alpha value is -0.440. The number of benzene rings is 1. The summed E-state index contributed by atoms with van der Waals surface area (Å²) in [7, 11) is 0. The molecule has 0 amide bonds. The van der Waals surface area contributed by atoms with E-state index >= 15 is 0 Å². The van der Waals surface area contributed by atoms with Crippen LogP contribution in [0.2, 0.25) is 10.0 Å². The summed E-state index contributed by atoms with van der Waals surface area (Å²) in [4.78, 5) is 0. The van der Waals surface area contributed by atoms with E-state index in [4.69, 9.17) is 27.9 Å². The van der Waals surface area contributed by atoms with E-state index in [1.54, 1.807) is 6.07 Å². The molecule has 0 saturated heterocycles. The summed E-state index contributed by atoms with van der Waals surface area (Å²) < 4.78 is 6.00. The van der Waals surface area contributed by atoms with Crippen LogP contribution in [0.3, 0.4) is 0 Å². The number of hydrogen-bond donors (Lipinski definition) is 1. The van der Waals surface area contributed by atoms with Crippen LogP contribution in [-0.4, -0.2) is 18.7 Å². The van der Waals surface area contributed by atoms with Gasteiger partial charge in [-0.3, -0.25) is 0 Å². The van der Waals surface area contributed by atoms with Crippen molar-refractivity contribution in [3.63, 3.8) is 0 Å². The maximum absolute atomic E-state index is 6.14. The first-order valence-electron chi connectivity index (χ1n) is 6.30. The lowest BCUT2D eigenvalue weighted by molar-refractivity contribution is -0.0540. The summed E-state index contributed by atoms with van der Waals surface area (Å²) in [5, 5.41) is 4.51. The van der Waals surface area contributed by atoms with Gasteiger partial charge in [-0.1, -0.05) is 50.0 Å². The lowest BCUT2D eigenvalue weighted by Gasteiger charge is -2.51. The quantitative estimate of drug-likeness (QED) is 0.898. The summed E-state index contributed by atoms with van der Waals surface area (Å²) in [5.41, 5.74) is 0.113. The van der Waals surface area contributed by atoms with Crippen molar-refractivity contribution >= 4 is 23.2 Å². The van der Waals surface area contributed by atoms with Gasteiger partial charge in [0.2, 0.25) is 0 Å². The Labute approximate surface area is 119 Å². The highest BCUT2D eigenvalue weighted by Crippen LogP contribution is 2.44. The van der Waals surface area contributed by atoms with Gasteiger partial charge in [0.1, 0.15) is 16.9 Å². The zero-order valence-electron chi connectivity index (χ0n) is 11.0. The van der Waals surface area contributed by atoms with Crippen LogP contribution in [0.4, 0.5) is 0 Å². The highest BCUT2D eigenvalue weighted by atomic mass is 35.5. The van der Waals surface area contributed by atoms with Crippen molar-refractivity contribution in [1.29, 1.82) is 0 Å². The molecule has 1 fully saturated rings. The molecule has 0 aliphatic heterocycles. The van der Waals surface area contributed by atoms with Crippen molar-refractivity contribution in [3.05, 3.63) is 28.2 Å². The molecule has 2 nitrogen and oxygen atoms in total. The molecule has 4 heteroatoms. The van der Waals surface area contributed by atoms with Crippen molar-refractivity contribution < 1.29 is 4.74 Å². The molecular weight excluding hydrogens is 269 g/mol. The van der Waals surface area contributed by atoms with Crippen molar-refractivity contribution in [2.75, 3.05) is 6.54 Å². The van der Waals surface area contributed by atoms with Crippen molar-refractivity contribution in [1.82, 2.24) is 5.32 Å². The molecule has 1 aliphatic carbocycles. The van der Waals surface area contributed by atoms with Crippen LogP contribution in [0.25, 0.3) is 0 Å². The first kappa shape index (κ1) is 14.0. The molecule has 0 bridgehead atoms. The van der Waals surface area contributed by atoms with Gasteiger partial charge in [-0.15, -0.1) is 0 Å². The number of halogens is 2. The topological polar surface area (TPSA) is 21.3 Å². The van der Waals surface area contributed by atoms with Gasteiger partial charge in [-0.2, -0.15) is 0 Å². The molecule has 0 radical (unpaired) electrons. The van der Waals surface area contributed by atoms with Gasteiger partial charge < -0.3 is 10.1 Å². The van der Waals surface area contributed by atoms with Gasteiger partial charge in [-0.05, 0) is 18.7 Å². The molecule has 1 aliphatic rings. The molecular formula is C14H19Cl2NO. The zero-order valence-corrected chi connectivity index (χ0v) is 12.5. The molecule has 0 heterocycles. The summed E-state index contributed by atoms with van der Waals surface area (Å²) in [6.45, 7) is 7.54. The third kappa shape index (κ3) is 2.47. The van der Waals surface area contributed by atoms with Crippen LogP contribution in [0.15, 0.2) is 18.2 Å². The molecule has 18 heavy (non-hydrogen) atoms. The Morgan fingerprint density at radius 1 is 1.39 bits per heavy atom. The molecule has 1 aromatic rings. The number of ether oxygens (including phenoxy) is 1. The third-order valence-corrected chi connectivity index (χ3v) is 4.62. The van der Waals surface area contributed by atoms with E-state index in [2.05, 4.69) is 26.1 Å². The van der Waals surface area contributed by atoms with E-state index in [-0.39, 0.29) is 11.5 Å². The predicted molar refractivity (Wildman–Crippen MR) is 76.7 cm³/mol.